The maximum absolute atomic E-state index is 11.3. The summed E-state index contributed by atoms with van der Waals surface area (Å²) >= 11 is 19.3. The molecule has 1 aromatic rings. The molecule has 1 aromatic carbocycles. The van der Waals surface area contributed by atoms with E-state index in [0.717, 1.165) is 0 Å². The molecular weight excluding hydrogens is 434 g/mol. The molecule has 23 heavy (non-hydrogen) atoms. The fraction of sp³-hybridized carbons (Fsp3) is 0.571. The maximum Gasteiger partial charge on any atom is 0.341 e. The summed E-state index contributed by atoms with van der Waals surface area (Å²) in [5.74, 6) is 2.68. The highest BCUT2D eigenvalue weighted by molar-refractivity contribution is 8.13. The van der Waals surface area contributed by atoms with Crippen LogP contribution in [0.5, 0.6) is 0 Å². The van der Waals surface area contributed by atoms with E-state index >= 15 is 0 Å². The Morgan fingerprint density at radius 1 is 1.04 bits per heavy atom. The third-order valence-electron chi connectivity index (χ3n) is 2.61. The molecule has 0 heterocycles. The smallest absolute Gasteiger partial charge is 0.207 e. The molecule has 0 spiro atoms. The standard InChI is InChI=1S/C8H8Cl4O2SSi.C6H14S/c9-15(13,14)8-4-2-1-3-7(8)5-6-16(10,11)12;1-3-5-7-6-4-2/h1-4H,5-6H2;3-6H2,1-2H3. The topological polar surface area (TPSA) is 34.1 Å². The summed E-state index contributed by atoms with van der Waals surface area (Å²) < 4.78 is 22.5. The van der Waals surface area contributed by atoms with Crippen molar-refractivity contribution in [3.63, 3.8) is 0 Å². The second-order valence-electron chi connectivity index (χ2n) is 4.77. The number of rotatable bonds is 8. The van der Waals surface area contributed by atoms with Crippen LogP contribution < -0.4 is 0 Å². The van der Waals surface area contributed by atoms with Crippen molar-refractivity contribution < 1.29 is 8.42 Å². The molecular formula is C14H22Cl4O2S2Si. The summed E-state index contributed by atoms with van der Waals surface area (Å²) in [4.78, 5) is 0.0833. The predicted octanol–water partition coefficient (Wildman–Crippen LogP) is 6.35. The Balaban J connectivity index is 0.000000585. The van der Waals surface area contributed by atoms with Crippen molar-refractivity contribution in [2.24, 2.45) is 0 Å². The minimum absolute atomic E-state index is 0.0833. The van der Waals surface area contributed by atoms with E-state index in [1.807, 2.05) is 0 Å². The fourth-order valence-electron chi connectivity index (χ4n) is 1.62. The molecule has 9 heteroatoms. The summed E-state index contributed by atoms with van der Waals surface area (Å²) in [5, 5.41) is 0. The fourth-order valence-corrected chi connectivity index (χ4v) is 4.98. The average molecular weight is 456 g/mol. The molecule has 0 saturated carbocycles. The minimum atomic E-state index is -3.74. The lowest BCUT2D eigenvalue weighted by Gasteiger charge is -2.09. The second kappa shape index (κ2) is 12.3. The lowest BCUT2D eigenvalue weighted by molar-refractivity contribution is 0.608. The highest BCUT2D eigenvalue weighted by Gasteiger charge is 2.25. The molecule has 0 atom stereocenters. The highest BCUT2D eigenvalue weighted by atomic mass is 35.8. The van der Waals surface area contributed by atoms with Crippen LogP contribution in [0, 0.1) is 0 Å². The molecule has 0 amide bonds. The molecule has 0 aromatic heterocycles. The first-order valence-electron chi connectivity index (χ1n) is 7.28. The summed E-state index contributed by atoms with van der Waals surface area (Å²) in [7, 11) is 1.56. The predicted molar refractivity (Wildman–Crippen MR) is 109 cm³/mol. The highest BCUT2D eigenvalue weighted by Crippen LogP contribution is 2.29. The van der Waals surface area contributed by atoms with Crippen molar-refractivity contribution >= 4 is 70.7 Å². The van der Waals surface area contributed by atoms with Gasteiger partial charge >= 0.3 is 6.00 Å². The van der Waals surface area contributed by atoms with Crippen LogP contribution in [0.3, 0.4) is 0 Å². The van der Waals surface area contributed by atoms with Crippen molar-refractivity contribution in [1.82, 2.24) is 0 Å². The molecule has 134 valence electrons. The Labute approximate surface area is 163 Å². The Morgan fingerprint density at radius 2 is 1.57 bits per heavy atom. The van der Waals surface area contributed by atoms with E-state index in [2.05, 4.69) is 25.6 Å². The van der Waals surface area contributed by atoms with E-state index in [0.29, 0.717) is 18.0 Å². The van der Waals surface area contributed by atoms with Crippen molar-refractivity contribution in [3.05, 3.63) is 29.8 Å². The van der Waals surface area contributed by atoms with Gasteiger partial charge in [-0.15, -0.1) is 33.2 Å². The summed E-state index contributed by atoms with van der Waals surface area (Å²) in [6, 6.07) is 4.05. The van der Waals surface area contributed by atoms with E-state index < -0.39 is 15.1 Å². The van der Waals surface area contributed by atoms with Crippen molar-refractivity contribution in [1.29, 1.82) is 0 Å². The van der Waals surface area contributed by atoms with E-state index in [1.54, 1.807) is 18.2 Å². The van der Waals surface area contributed by atoms with Crippen LogP contribution in [0.1, 0.15) is 32.3 Å². The van der Waals surface area contributed by atoms with Crippen LogP contribution in [-0.2, 0) is 15.5 Å². The molecule has 0 aliphatic carbocycles. The SMILES string of the molecule is CCCSCCC.O=S(=O)(Cl)c1ccccc1CC[Si](Cl)(Cl)Cl. The van der Waals surface area contributed by atoms with Gasteiger partial charge in [-0.25, -0.2) is 8.42 Å². The van der Waals surface area contributed by atoms with Crippen molar-refractivity contribution in [2.45, 2.75) is 44.0 Å². The van der Waals surface area contributed by atoms with Crippen LogP contribution in [-0.4, -0.2) is 25.9 Å². The Bertz CT molecular complexity index is 544. The number of aryl methyl sites for hydroxylation is 1. The Morgan fingerprint density at radius 3 is 2.00 bits per heavy atom. The van der Waals surface area contributed by atoms with Gasteiger partial charge in [0.25, 0.3) is 9.05 Å². The van der Waals surface area contributed by atoms with Gasteiger partial charge in [-0.3, -0.25) is 0 Å². The molecule has 0 saturated heterocycles. The van der Waals surface area contributed by atoms with Gasteiger partial charge in [0.2, 0.25) is 0 Å². The zero-order chi connectivity index (χ0) is 17.9. The first-order valence-corrected chi connectivity index (χ1v) is 16.0. The largest absolute Gasteiger partial charge is 0.341 e. The third kappa shape index (κ3) is 12.8. The molecule has 0 radical (unpaired) electrons. The van der Waals surface area contributed by atoms with Gasteiger partial charge in [0.05, 0.1) is 4.90 Å². The van der Waals surface area contributed by atoms with Crippen molar-refractivity contribution in [3.8, 4) is 0 Å². The molecule has 0 bridgehead atoms. The quantitative estimate of drug-likeness (QED) is 0.198. The van der Waals surface area contributed by atoms with E-state index in [4.69, 9.17) is 43.9 Å². The number of thioether (sulfide) groups is 1. The molecule has 0 aliphatic rings. The van der Waals surface area contributed by atoms with E-state index in [1.165, 1.54) is 30.4 Å². The zero-order valence-electron chi connectivity index (χ0n) is 13.2. The minimum Gasteiger partial charge on any atom is -0.207 e. The third-order valence-corrected chi connectivity index (χ3v) is 7.94. The Hall–Kier alpha value is 0.897. The van der Waals surface area contributed by atoms with Gasteiger partial charge in [-0.2, -0.15) is 11.8 Å². The summed E-state index contributed by atoms with van der Waals surface area (Å²) in [6.07, 6.45) is 3.04. The first kappa shape index (κ1) is 23.9. The van der Waals surface area contributed by atoms with Gasteiger partial charge in [-0.05, 0) is 48.4 Å². The van der Waals surface area contributed by atoms with Gasteiger partial charge < -0.3 is 0 Å². The molecule has 0 N–H and O–H groups in total. The molecule has 2 nitrogen and oxygen atoms in total. The molecule has 0 aliphatic heterocycles. The average Bonchev–Trinajstić information content (AvgIpc) is 2.45. The van der Waals surface area contributed by atoms with Gasteiger partial charge in [0, 0.05) is 10.7 Å². The van der Waals surface area contributed by atoms with Gasteiger partial charge in [0.15, 0.2) is 0 Å². The molecule has 1 rings (SSSR count). The lowest BCUT2D eigenvalue weighted by atomic mass is 10.2. The number of hydrogen-bond donors (Lipinski definition) is 0. The van der Waals surface area contributed by atoms with Crippen LogP contribution in [0.4, 0.5) is 0 Å². The number of hydrogen-bond acceptors (Lipinski definition) is 3. The second-order valence-corrected chi connectivity index (χ2v) is 17.8. The monoisotopic (exact) mass is 454 g/mol. The zero-order valence-corrected chi connectivity index (χ0v) is 18.9. The van der Waals surface area contributed by atoms with Crippen LogP contribution in [0.15, 0.2) is 29.2 Å². The maximum atomic E-state index is 11.3. The van der Waals surface area contributed by atoms with E-state index in [-0.39, 0.29) is 4.90 Å². The Kier molecular flexibility index (Phi) is 12.8. The van der Waals surface area contributed by atoms with Crippen molar-refractivity contribution in [2.75, 3.05) is 11.5 Å². The molecule has 0 unspecified atom stereocenters. The normalized spacial score (nSPS) is 11.7. The molecule has 0 fully saturated rings. The summed E-state index contributed by atoms with van der Waals surface area (Å²) in [5.41, 5.74) is 0.580. The summed E-state index contributed by atoms with van der Waals surface area (Å²) in [6.45, 7) is 4.45. The van der Waals surface area contributed by atoms with Gasteiger partial charge in [0.1, 0.15) is 0 Å². The van der Waals surface area contributed by atoms with Crippen LogP contribution >= 0.6 is 55.7 Å². The van der Waals surface area contributed by atoms with Gasteiger partial charge in [-0.1, -0.05) is 32.0 Å². The lowest BCUT2D eigenvalue weighted by Crippen LogP contribution is -2.11. The first-order chi connectivity index (χ1) is 10.6. The van der Waals surface area contributed by atoms with E-state index in [9.17, 15) is 8.42 Å². The van der Waals surface area contributed by atoms with Crippen LogP contribution in [0.25, 0.3) is 0 Å². The number of halogens is 4. The number of benzene rings is 1. The van der Waals surface area contributed by atoms with Crippen LogP contribution in [0.2, 0.25) is 6.04 Å².